The Morgan fingerprint density at radius 3 is 2.44 bits per heavy atom. The van der Waals surface area contributed by atoms with Crippen molar-refractivity contribution in [3.8, 4) is 10.4 Å². The van der Waals surface area contributed by atoms with E-state index >= 15 is 0 Å². The highest BCUT2D eigenvalue weighted by molar-refractivity contribution is 7.15. The Morgan fingerprint density at radius 1 is 0.926 bits per heavy atom. The van der Waals surface area contributed by atoms with Crippen LogP contribution in [0, 0.1) is 0 Å². The molecule has 1 amide bonds. The number of rotatable bonds is 6. The number of piperazine rings is 1. The molecule has 1 aromatic carbocycles. The van der Waals surface area contributed by atoms with E-state index in [1.54, 1.807) is 0 Å². The number of amides is 1. The van der Waals surface area contributed by atoms with Gasteiger partial charge in [0.05, 0.1) is 0 Å². The second-order valence-electron chi connectivity index (χ2n) is 7.35. The molecule has 0 spiro atoms. The molecule has 2 saturated heterocycles. The average molecular weight is 404 g/mol. The number of thiophene rings is 1. The predicted octanol–water partition coefficient (Wildman–Crippen LogP) is 3.81. The molecule has 0 unspecified atom stereocenters. The van der Waals surface area contributed by atoms with Crippen LogP contribution in [0.4, 0.5) is 0 Å². The van der Waals surface area contributed by atoms with Crippen LogP contribution in [-0.2, 0) is 11.3 Å². The van der Waals surface area contributed by atoms with E-state index in [9.17, 15) is 4.79 Å². The number of carbonyl (C=O) groups excluding carboxylic acids is 1. The van der Waals surface area contributed by atoms with E-state index < -0.39 is 0 Å². The lowest BCUT2D eigenvalue weighted by molar-refractivity contribution is -0.127. The van der Waals surface area contributed by atoms with Crippen LogP contribution in [0.2, 0.25) is 5.02 Å². The van der Waals surface area contributed by atoms with Gasteiger partial charge in [-0.25, -0.2) is 0 Å². The Bertz CT molecular complexity index is 785. The molecule has 2 aliphatic rings. The highest BCUT2D eigenvalue weighted by atomic mass is 35.5. The Balaban J connectivity index is 1.25. The first kappa shape index (κ1) is 18.9. The maximum Gasteiger partial charge on any atom is 0.222 e. The van der Waals surface area contributed by atoms with E-state index in [-0.39, 0.29) is 0 Å². The van der Waals surface area contributed by atoms with Crippen molar-refractivity contribution in [2.75, 3.05) is 45.8 Å². The highest BCUT2D eigenvalue weighted by Gasteiger charge is 2.22. The molecule has 2 fully saturated rings. The summed E-state index contributed by atoms with van der Waals surface area (Å²) in [5.41, 5.74) is 1.12. The Labute approximate surface area is 170 Å². The molecule has 4 rings (SSSR count). The van der Waals surface area contributed by atoms with E-state index in [0.717, 1.165) is 75.8 Å². The van der Waals surface area contributed by atoms with Gasteiger partial charge < -0.3 is 4.90 Å². The molecule has 0 bridgehead atoms. The molecule has 0 N–H and O–H groups in total. The highest BCUT2D eigenvalue weighted by Crippen LogP contribution is 2.33. The normalized spacial score (nSPS) is 19.1. The summed E-state index contributed by atoms with van der Waals surface area (Å²) in [7, 11) is 0. The number of nitrogens with zero attached hydrogens (tertiary/aromatic N) is 3. The fourth-order valence-electron chi connectivity index (χ4n) is 3.86. The number of likely N-dealkylation sites (tertiary alicyclic amines) is 1. The lowest BCUT2D eigenvalue weighted by Crippen LogP contribution is -2.48. The summed E-state index contributed by atoms with van der Waals surface area (Å²) in [6.45, 7) is 8.22. The van der Waals surface area contributed by atoms with Crippen molar-refractivity contribution >= 4 is 28.8 Å². The summed E-state index contributed by atoms with van der Waals surface area (Å²) in [4.78, 5) is 21.4. The van der Waals surface area contributed by atoms with Crippen LogP contribution in [0.1, 0.15) is 17.7 Å². The van der Waals surface area contributed by atoms with Gasteiger partial charge in [0.1, 0.15) is 0 Å². The van der Waals surface area contributed by atoms with Crippen molar-refractivity contribution < 1.29 is 4.79 Å². The van der Waals surface area contributed by atoms with Crippen molar-refractivity contribution in [1.82, 2.24) is 14.7 Å². The van der Waals surface area contributed by atoms with Gasteiger partial charge >= 0.3 is 0 Å². The van der Waals surface area contributed by atoms with E-state index in [1.165, 1.54) is 9.75 Å². The second kappa shape index (κ2) is 8.74. The molecule has 0 saturated carbocycles. The molecule has 1 aromatic heterocycles. The summed E-state index contributed by atoms with van der Waals surface area (Å²) in [6, 6.07) is 12.5. The zero-order valence-electron chi connectivity index (χ0n) is 15.6. The summed E-state index contributed by atoms with van der Waals surface area (Å²) >= 11 is 8.17. The standard InChI is InChI=1S/C21H26ClN3OS/c22-19-5-2-1-4-18(19)20-8-7-17(27-20)16-24-12-10-23(11-13-24)14-15-25-9-3-6-21(25)26/h1-2,4-5,7-8H,3,6,9-16H2. The van der Waals surface area contributed by atoms with Gasteiger partial charge in [-0.2, -0.15) is 0 Å². The third-order valence-corrected chi connectivity index (χ3v) is 6.94. The van der Waals surface area contributed by atoms with Crippen LogP contribution in [0.5, 0.6) is 0 Å². The number of halogens is 1. The molecule has 4 nitrogen and oxygen atoms in total. The number of hydrogen-bond donors (Lipinski definition) is 0. The molecule has 0 atom stereocenters. The number of hydrogen-bond acceptors (Lipinski definition) is 4. The van der Waals surface area contributed by atoms with Gasteiger partial charge in [-0.1, -0.05) is 29.8 Å². The van der Waals surface area contributed by atoms with Gasteiger partial charge in [0.25, 0.3) is 0 Å². The van der Waals surface area contributed by atoms with E-state index in [4.69, 9.17) is 11.6 Å². The van der Waals surface area contributed by atoms with Gasteiger partial charge in [-0.15, -0.1) is 11.3 Å². The summed E-state index contributed by atoms with van der Waals surface area (Å²) in [5, 5.41) is 0.816. The van der Waals surface area contributed by atoms with Crippen molar-refractivity contribution in [2.24, 2.45) is 0 Å². The van der Waals surface area contributed by atoms with E-state index in [1.807, 2.05) is 34.4 Å². The first-order valence-electron chi connectivity index (χ1n) is 9.75. The fourth-order valence-corrected chi connectivity index (χ4v) is 5.25. The van der Waals surface area contributed by atoms with Crippen molar-refractivity contribution in [1.29, 1.82) is 0 Å². The van der Waals surface area contributed by atoms with Crippen molar-refractivity contribution in [3.63, 3.8) is 0 Å². The van der Waals surface area contributed by atoms with E-state index in [2.05, 4.69) is 28.0 Å². The van der Waals surface area contributed by atoms with Gasteiger partial charge in [0.15, 0.2) is 0 Å². The molecule has 6 heteroatoms. The smallest absolute Gasteiger partial charge is 0.222 e. The largest absolute Gasteiger partial charge is 0.341 e. The zero-order chi connectivity index (χ0) is 18.6. The minimum absolute atomic E-state index is 0.334. The van der Waals surface area contributed by atoms with Gasteiger partial charge in [-0.05, 0) is 24.6 Å². The van der Waals surface area contributed by atoms with Crippen molar-refractivity contribution in [2.45, 2.75) is 19.4 Å². The SMILES string of the molecule is O=C1CCCN1CCN1CCN(Cc2ccc(-c3ccccc3Cl)s2)CC1. The second-order valence-corrected chi connectivity index (χ2v) is 8.92. The lowest BCUT2D eigenvalue weighted by atomic mass is 10.2. The van der Waals surface area contributed by atoms with Gasteiger partial charge in [-0.3, -0.25) is 14.6 Å². The Morgan fingerprint density at radius 2 is 1.70 bits per heavy atom. The third-order valence-electron chi connectivity index (χ3n) is 5.50. The summed E-state index contributed by atoms with van der Waals surface area (Å²) < 4.78 is 0. The molecule has 144 valence electrons. The summed E-state index contributed by atoms with van der Waals surface area (Å²) in [6.07, 6.45) is 1.77. The van der Waals surface area contributed by atoms with Crippen LogP contribution in [-0.4, -0.2) is 66.4 Å². The molecule has 27 heavy (non-hydrogen) atoms. The monoisotopic (exact) mass is 403 g/mol. The lowest BCUT2D eigenvalue weighted by Gasteiger charge is -2.35. The van der Waals surface area contributed by atoms with Crippen molar-refractivity contribution in [3.05, 3.63) is 46.3 Å². The first-order chi connectivity index (χ1) is 13.2. The third kappa shape index (κ3) is 4.72. The Kier molecular flexibility index (Phi) is 6.13. The molecular formula is C21H26ClN3OS. The first-order valence-corrected chi connectivity index (χ1v) is 10.9. The molecular weight excluding hydrogens is 378 g/mol. The van der Waals surface area contributed by atoms with Crippen LogP contribution < -0.4 is 0 Å². The molecule has 0 radical (unpaired) electrons. The van der Waals surface area contributed by atoms with Crippen LogP contribution >= 0.6 is 22.9 Å². The van der Waals surface area contributed by atoms with E-state index in [0.29, 0.717) is 5.91 Å². The van der Waals surface area contributed by atoms with Crippen LogP contribution in [0.15, 0.2) is 36.4 Å². The van der Waals surface area contributed by atoms with Gasteiger partial charge in [0.2, 0.25) is 5.91 Å². The minimum atomic E-state index is 0.334. The molecule has 0 aliphatic carbocycles. The average Bonchev–Trinajstić information content (AvgIpc) is 3.30. The molecule has 2 aromatic rings. The topological polar surface area (TPSA) is 26.8 Å². The minimum Gasteiger partial charge on any atom is -0.341 e. The fraction of sp³-hybridized carbons (Fsp3) is 0.476. The van der Waals surface area contributed by atoms with Gasteiger partial charge in [0, 0.05) is 79.1 Å². The number of benzene rings is 1. The predicted molar refractivity (Wildman–Crippen MR) is 112 cm³/mol. The quantitative estimate of drug-likeness (QED) is 0.733. The maximum absolute atomic E-state index is 11.7. The number of carbonyl (C=O) groups is 1. The Hall–Kier alpha value is -1.40. The maximum atomic E-state index is 11.7. The molecule has 2 aliphatic heterocycles. The summed E-state index contributed by atoms with van der Waals surface area (Å²) in [5.74, 6) is 0.334. The van der Waals surface area contributed by atoms with Crippen LogP contribution in [0.3, 0.4) is 0 Å². The zero-order valence-corrected chi connectivity index (χ0v) is 17.1. The molecule has 3 heterocycles. The van der Waals surface area contributed by atoms with Crippen LogP contribution in [0.25, 0.3) is 10.4 Å².